The van der Waals surface area contributed by atoms with Crippen molar-refractivity contribution in [2.45, 2.75) is 69.6 Å². The highest BCUT2D eigenvalue weighted by Crippen LogP contribution is 2.42. The molecule has 2 aliphatic carbocycles. The summed E-state index contributed by atoms with van der Waals surface area (Å²) in [7, 11) is 2.84. The van der Waals surface area contributed by atoms with Crippen LogP contribution in [-0.2, 0) is 26.2 Å². The number of halogens is 1. The molecule has 0 aliphatic heterocycles. The van der Waals surface area contributed by atoms with Crippen LogP contribution in [0.2, 0.25) is 0 Å². The van der Waals surface area contributed by atoms with Gasteiger partial charge in [-0.25, -0.2) is 9.18 Å². The second-order valence-corrected chi connectivity index (χ2v) is 9.15. The molecular formula is C21H30FN5O5. The number of ketones is 1. The molecule has 10 nitrogen and oxygen atoms in total. The number of Topliss-reactive ketones (excluding diaryl/α,β-unsaturated/α-hetero) is 1. The van der Waals surface area contributed by atoms with E-state index in [-0.39, 0.29) is 24.1 Å². The molecular weight excluding hydrogens is 421 g/mol. The Bertz CT molecular complexity index is 889. The van der Waals surface area contributed by atoms with Crippen molar-refractivity contribution in [3.63, 3.8) is 0 Å². The molecule has 3 rings (SSSR count). The van der Waals surface area contributed by atoms with E-state index in [0.29, 0.717) is 6.42 Å². The third-order valence-electron chi connectivity index (χ3n) is 6.40. The number of hydrogen-bond acceptors (Lipinski definition) is 6. The first-order valence-electron chi connectivity index (χ1n) is 10.7. The lowest BCUT2D eigenvalue weighted by Crippen LogP contribution is -2.68. The minimum Gasteiger partial charge on any atom is -0.453 e. The molecule has 0 spiro atoms. The van der Waals surface area contributed by atoms with Gasteiger partial charge in [0, 0.05) is 32.2 Å². The highest BCUT2D eigenvalue weighted by atomic mass is 19.1. The van der Waals surface area contributed by atoms with E-state index in [2.05, 4.69) is 25.8 Å². The number of rotatable bonds is 8. The molecule has 0 saturated heterocycles. The summed E-state index contributed by atoms with van der Waals surface area (Å²) in [4.78, 5) is 50.4. The molecule has 0 aromatic carbocycles. The van der Waals surface area contributed by atoms with Gasteiger partial charge in [0.15, 0.2) is 5.82 Å². The number of alkyl halides is 1. The summed E-state index contributed by atoms with van der Waals surface area (Å²) in [6.07, 6.45) is 3.09. The van der Waals surface area contributed by atoms with E-state index in [9.17, 15) is 23.6 Å². The molecule has 1 unspecified atom stereocenters. The summed E-state index contributed by atoms with van der Waals surface area (Å²) >= 11 is 0. The van der Waals surface area contributed by atoms with Gasteiger partial charge < -0.3 is 20.7 Å². The largest absolute Gasteiger partial charge is 0.453 e. The van der Waals surface area contributed by atoms with Gasteiger partial charge in [-0.15, -0.1) is 0 Å². The fourth-order valence-electron chi connectivity index (χ4n) is 4.57. The monoisotopic (exact) mass is 451 g/mol. The summed E-state index contributed by atoms with van der Waals surface area (Å²) < 4.78 is 19.9. The van der Waals surface area contributed by atoms with Crippen LogP contribution in [0, 0.1) is 5.41 Å². The molecule has 0 radical (unpaired) electrons. The second-order valence-electron chi connectivity index (χ2n) is 9.15. The fraction of sp³-hybridized carbons (Fsp3) is 0.667. The van der Waals surface area contributed by atoms with Crippen molar-refractivity contribution in [3.05, 3.63) is 12.3 Å². The zero-order chi connectivity index (χ0) is 23.5. The third-order valence-corrected chi connectivity index (χ3v) is 6.40. The zero-order valence-corrected chi connectivity index (χ0v) is 18.6. The minimum atomic E-state index is -1.66. The molecule has 176 valence electrons. The molecule has 3 amide bonds. The predicted octanol–water partition coefficient (Wildman–Crippen LogP) is 1.61. The number of nitrogens with one attached hydrogen (secondary N) is 3. The van der Waals surface area contributed by atoms with E-state index in [1.54, 1.807) is 13.2 Å². The van der Waals surface area contributed by atoms with Crippen LogP contribution >= 0.6 is 0 Å². The van der Waals surface area contributed by atoms with Gasteiger partial charge in [0.1, 0.15) is 17.8 Å². The molecule has 2 saturated carbocycles. The Balaban J connectivity index is 1.73. The Hall–Kier alpha value is -2.98. The summed E-state index contributed by atoms with van der Waals surface area (Å²) in [6.45, 7) is 2.04. The number of ether oxygens (including phenoxy) is 1. The highest BCUT2D eigenvalue weighted by molar-refractivity contribution is 6.44. The summed E-state index contributed by atoms with van der Waals surface area (Å²) in [5.74, 6) is -2.41. The predicted molar refractivity (Wildman–Crippen MR) is 112 cm³/mol. The summed E-state index contributed by atoms with van der Waals surface area (Å²) in [6, 6.07) is 0.529. The first kappa shape index (κ1) is 23.7. The van der Waals surface area contributed by atoms with E-state index in [4.69, 9.17) is 0 Å². The highest BCUT2D eigenvalue weighted by Gasteiger charge is 2.54. The number of carbonyl (C=O) groups is 4. The number of amides is 3. The van der Waals surface area contributed by atoms with Gasteiger partial charge in [-0.3, -0.25) is 19.1 Å². The van der Waals surface area contributed by atoms with Crippen LogP contribution in [0.15, 0.2) is 12.3 Å². The van der Waals surface area contributed by atoms with Crippen LogP contribution in [0.3, 0.4) is 0 Å². The third kappa shape index (κ3) is 5.25. The van der Waals surface area contributed by atoms with Gasteiger partial charge in [-0.2, -0.15) is 5.10 Å². The number of nitrogens with zero attached hydrogens (tertiary/aromatic N) is 2. The van der Waals surface area contributed by atoms with Crippen molar-refractivity contribution in [1.82, 2.24) is 20.4 Å². The van der Waals surface area contributed by atoms with Crippen LogP contribution in [0.4, 0.5) is 15.0 Å². The quantitative estimate of drug-likeness (QED) is 0.515. The molecule has 2 fully saturated rings. The Labute approximate surface area is 185 Å². The lowest BCUT2D eigenvalue weighted by atomic mass is 9.71. The zero-order valence-electron chi connectivity index (χ0n) is 18.6. The molecule has 1 aromatic rings. The number of anilines is 1. The van der Waals surface area contributed by atoms with Gasteiger partial charge in [-0.05, 0) is 24.7 Å². The maximum atomic E-state index is 13.8. The van der Waals surface area contributed by atoms with Crippen molar-refractivity contribution in [2.75, 3.05) is 12.4 Å². The van der Waals surface area contributed by atoms with E-state index in [1.807, 2.05) is 6.92 Å². The number of alkyl carbamates (subject to hydrolysis) is 1. The van der Waals surface area contributed by atoms with E-state index in [0.717, 1.165) is 25.7 Å². The normalized spacial score (nSPS) is 24.7. The SMILES string of the molecule is COC(=O)NC(CC1(C)CCCC1)C(=O)NC1(C(=O)C(=O)Nc2ccn(C)n2)CC(F)C1. The maximum absolute atomic E-state index is 13.8. The Morgan fingerprint density at radius 3 is 2.47 bits per heavy atom. The summed E-state index contributed by atoms with van der Waals surface area (Å²) in [5, 5.41) is 11.4. The first-order valence-corrected chi connectivity index (χ1v) is 10.7. The van der Waals surface area contributed by atoms with Crippen molar-refractivity contribution in [3.8, 4) is 0 Å². The molecule has 1 aromatic heterocycles. The number of hydrogen-bond donors (Lipinski definition) is 3. The summed E-state index contributed by atoms with van der Waals surface area (Å²) in [5.41, 5.74) is -1.82. The number of aryl methyl sites for hydroxylation is 1. The van der Waals surface area contributed by atoms with Crippen LogP contribution in [0.25, 0.3) is 0 Å². The molecule has 3 N–H and O–H groups in total. The van der Waals surface area contributed by atoms with Crippen LogP contribution in [0.1, 0.15) is 51.9 Å². The molecule has 2 aliphatic rings. The molecule has 11 heteroatoms. The van der Waals surface area contributed by atoms with E-state index >= 15 is 0 Å². The van der Waals surface area contributed by atoms with Crippen LogP contribution in [-0.4, -0.2) is 58.3 Å². The van der Waals surface area contributed by atoms with Gasteiger partial charge in [-0.1, -0.05) is 19.8 Å². The Kier molecular flexibility index (Phi) is 6.85. The van der Waals surface area contributed by atoms with Crippen molar-refractivity contribution in [2.24, 2.45) is 12.5 Å². The molecule has 0 bridgehead atoms. The van der Waals surface area contributed by atoms with Crippen LogP contribution in [0.5, 0.6) is 0 Å². The fourth-order valence-corrected chi connectivity index (χ4v) is 4.57. The second kappa shape index (κ2) is 9.25. The number of methoxy groups -OCH3 is 1. The molecule has 1 heterocycles. The minimum absolute atomic E-state index is 0.154. The average molecular weight is 451 g/mol. The van der Waals surface area contributed by atoms with Gasteiger partial charge in [0.25, 0.3) is 5.91 Å². The van der Waals surface area contributed by atoms with Gasteiger partial charge in [0.05, 0.1) is 7.11 Å². The van der Waals surface area contributed by atoms with E-state index < -0.39 is 41.4 Å². The van der Waals surface area contributed by atoms with Crippen molar-refractivity contribution in [1.29, 1.82) is 0 Å². The van der Waals surface area contributed by atoms with Crippen molar-refractivity contribution < 1.29 is 28.3 Å². The Morgan fingerprint density at radius 1 is 1.28 bits per heavy atom. The average Bonchev–Trinajstić information content (AvgIpc) is 3.33. The van der Waals surface area contributed by atoms with Gasteiger partial charge >= 0.3 is 6.09 Å². The smallest absolute Gasteiger partial charge is 0.407 e. The number of aromatic nitrogens is 2. The lowest BCUT2D eigenvalue weighted by molar-refractivity contribution is -0.146. The lowest BCUT2D eigenvalue weighted by Gasteiger charge is -2.43. The van der Waals surface area contributed by atoms with Gasteiger partial charge in [0.2, 0.25) is 11.7 Å². The Morgan fingerprint density at radius 2 is 1.94 bits per heavy atom. The molecule has 1 atom stereocenters. The topological polar surface area (TPSA) is 131 Å². The maximum Gasteiger partial charge on any atom is 0.407 e. The first-order chi connectivity index (χ1) is 15.1. The number of carbonyl (C=O) groups excluding carboxylic acids is 4. The van der Waals surface area contributed by atoms with Crippen molar-refractivity contribution >= 4 is 29.5 Å². The van der Waals surface area contributed by atoms with E-state index in [1.165, 1.54) is 17.9 Å². The standard InChI is InChI=1S/C21H30FN5O5/c1-20(7-4-5-8-20)12-14(23-19(31)32-3)17(29)25-21(10-13(22)11-21)16(28)18(30)24-15-6-9-27(2)26-15/h6,9,13-14H,4-5,7-8,10-12H2,1-3H3,(H,23,31)(H,25,29)(H,24,26,30). The molecule has 32 heavy (non-hydrogen) atoms. The van der Waals surface area contributed by atoms with Crippen LogP contribution < -0.4 is 16.0 Å².